The smallest absolute Gasteiger partial charge is 0.226 e. The maximum atomic E-state index is 11.7. The van der Waals surface area contributed by atoms with Gasteiger partial charge in [-0.15, -0.1) is 0 Å². The van der Waals surface area contributed by atoms with Crippen molar-refractivity contribution < 1.29 is 4.79 Å². The van der Waals surface area contributed by atoms with E-state index >= 15 is 0 Å². The number of nitrogens with zero attached hydrogens (tertiary/aromatic N) is 1. The molecule has 0 fully saturated rings. The summed E-state index contributed by atoms with van der Waals surface area (Å²) in [6, 6.07) is 3.98. The first-order valence-electron chi connectivity index (χ1n) is 5.22. The molecule has 84 valence electrons. The maximum absolute atomic E-state index is 11.7. The second-order valence-electron chi connectivity index (χ2n) is 3.84. The zero-order chi connectivity index (χ0) is 11.3. The molecule has 1 unspecified atom stereocenters. The third-order valence-corrected chi connectivity index (χ3v) is 2.53. The number of amides is 1. The van der Waals surface area contributed by atoms with Crippen LogP contribution in [-0.4, -0.2) is 35.9 Å². The van der Waals surface area contributed by atoms with Gasteiger partial charge in [-0.2, -0.15) is 0 Å². The van der Waals surface area contributed by atoms with Crippen molar-refractivity contribution in [1.82, 2.24) is 9.88 Å². The van der Waals surface area contributed by atoms with E-state index in [0.717, 1.165) is 18.7 Å². The largest absolute Gasteiger partial charge is 0.365 e. The van der Waals surface area contributed by atoms with Gasteiger partial charge >= 0.3 is 0 Å². The van der Waals surface area contributed by atoms with E-state index in [2.05, 4.69) is 4.98 Å². The first kappa shape index (κ1) is 11.8. The number of carbonyl (C=O) groups is 1. The van der Waals surface area contributed by atoms with Gasteiger partial charge in [0.15, 0.2) is 0 Å². The fourth-order valence-electron chi connectivity index (χ4n) is 1.40. The average Bonchev–Trinajstić information content (AvgIpc) is 2.76. The van der Waals surface area contributed by atoms with Gasteiger partial charge in [0.2, 0.25) is 5.91 Å². The normalized spacial score (nSPS) is 12.5. The lowest BCUT2D eigenvalue weighted by Crippen LogP contribution is -2.36. The van der Waals surface area contributed by atoms with Crippen LogP contribution in [0.5, 0.6) is 0 Å². The van der Waals surface area contributed by atoms with E-state index in [1.165, 1.54) is 0 Å². The summed E-state index contributed by atoms with van der Waals surface area (Å²) in [6.07, 6.45) is 2.74. The Bertz CT molecular complexity index is 295. The van der Waals surface area contributed by atoms with Crippen molar-refractivity contribution in [2.75, 3.05) is 20.1 Å². The lowest BCUT2D eigenvalue weighted by molar-refractivity contribution is -0.133. The first-order valence-corrected chi connectivity index (χ1v) is 5.22. The number of H-pyrrole nitrogens is 1. The van der Waals surface area contributed by atoms with Gasteiger partial charge in [0, 0.05) is 44.4 Å². The Kier molecular flexibility index (Phi) is 4.37. The topological polar surface area (TPSA) is 62.1 Å². The quantitative estimate of drug-likeness (QED) is 0.746. The fraction of sp³-hybridized carbons (Fsp3) is 0.545. The van der Waals surface area contributed by atoms with Crippen LogP contribution < -0.4 is 5.73 Å². The average molecular weight is 209 g/mol. The second-order valence-corrected chi connectivity index (χ2v) is 3.84. The zero-order valence-electron chi connectivity index (χ0n) is 9.36. The Hall–Kier alpha value is -1.29. The van der Waals surface area contributed by atoms with Crippen molar-refractivity contribution >= 4 is 5.91 Å². The van der Waals surface area contributed by atoms with Gasteiger partial charge in [0.05, 0.1) is 0 Å². The minimum atomic E-state index is -0.0846. The maximum Gasteiger partial charge on any atom is 0.226 e. The molecule has 1 aromatic rings. The summed E-state index contributed by atoms with van der Waals surface area (Å²) in [5.41, 5.74) is 6.60. The summed E-state index contributed by atoms with van der Waals surface area (Å²) >= 11 is 0. The molecule has 0 radical (unpaired) electrons. The van der Waals surface area contributed by atoms with Crippen LogP contribution >= 0.6 is 0 Å². The van der Waals surface area contributed by atoms with Crippen LogP contribution in [0.4, 0.5) is 0 Å². The molecule has 15 heavy (non-hydrogen) atoms. The number of hydrogen-bond donors (Lipinski definition) is 2. The molecule has 0 spiro atoms. The monoisotopic (exact) mass is 209 g/mol. The second kappa shape index (κ2) is 5.56. The van der Waals surface area contributed by atoms with E-state index in [1.807, 2.05) is 32.3 Å². The van der Waals surface area contributed by atoms with Crippen LogP contribution in [0.1, 0.15) is 12.6 Å². The number of nitrogens with one attached hydrogen (secondary N) is 1. The summed E-state index contributed by atoms with van der Waals surface area (Å²) in [4.78, 5) is 16.5. The summed E-state index contributed by atoms with van der Waals surface area (Å²) in [5.74, 6) is 0.0303. The van der Waals surface area contributed by atoms with Crippen LogP contribution in [-0.2, 0) is 11.2 Å². The lowest BCUT2D eigenvalue weighted by atomic mass is 10.1. The van der Waals surface area contributed by atoms with Crippen LogP contribution in [0.2, 0.25) is 0 Å². The molecular formula is C11H19N3O. The third-order valence-electron chi connectivity index (χ3n) is 2.53. The highest BCUT2D eigenvalue weighted by Crippen LogP contribution is 2.01. The highest BCUT2D eigenvalue weighted by Gasteiger charge is 2.15. The molecule has 0 bridgehead atoms. The van der Waals surface area contributed by atoms with Crippen LogP contribution in [0.25, 0.3) is 0 Å². The van der Waals surface area contributed by atoms with Crippen molar-refractivity contribution in [2.24, 2.45) is 11.7 Å². The van der Waals surface area contributed by atoms with E-state index in [9.17, 15) is 4.79 Å². The molecule has 1 amide bonds. The minimum Gasteiger partial charge on any atom is -0.365 e. The molecule has 1 atom stereocenters. The summed E-state index contributed by atoms with van der Waals surface area (Å²) in [7, 11) is 1.82. The van der Waals surface area contributed by atoms with Crippen LogP contribution in [0, 0.1) is 5.92 Å². The van der Waals surface area contributed by atoms with Gasteiger partial charge in [0.1, 0.15) is 0 Å². The predicted molar refractivity (Wildman–Crippen MR) is 60.4 cm³/mol. The predicted octanol–water partition coefficient (Wildman–Crippen LogP) is 0.610. The minimum absolute atomic E-state index is 0.0846. The third kappa shape index (κ3) is 3.40. The molecule has 4 heteroatoms. The number of nitrogens with two attached hydrogens (primary N) is 1. The van der Waals surface area contributed by atoms with E-state index in [-0.39, 0.29) is 11.8 Å². The molecule has 4 nitrogen and oxygen atoms in total. The molecule has 0 aliphatic carbocycles. The van der Waals surface area contributed by atoms with Gasteiger partial charge in [-0.25, -0.2) is 0 Å². The van der Waals surface area contributed by atoms with Crippen molar-refractivity contribution in [3.63, 3.8) is 0 Å². The van der Waals surface area contributed by atoms with Gasteiger partial charge < -0.3 is 15.6 Å². The Morgan fingerprint density at radius 3 is 2.93 bits per heavy atom. The number of rotatable bonds is 5. The Morgan fingerprint density at radius 1 is 1.67 bits per heavy atom. The standard InChI is InChI=1S/C11H19N3O/c1-9(8-12)11(15)14(2)7-5-10-4-3-6-13-10/h3-4,6,9,13H,5,7-8,12H2,1-2H3. The number of carbonyl (C=O) groups excluding carboxylic acids is 1. The lowest BCUT2D eigenvalue weighted by Gasteiger charge is -2.20. The van der Waals surface area contributed by atoms with Gasteiger partial charge in [-0.3, -0.25) is 4.79 Å². The number of hydrogen-bond acceptors (Lipinski definition) is 2. The Balaban J connectivity index is 2.35. The molecule has 1 aromatic heterocycles. The highest BCUT2D eigenvalue weighted by atomic mass is 16.2. The molecule has 0 aliphatic rings. The molecule has 0 aliphatic heterocycles. The van der Waals surface area contributed by atoms with Crippen molar-refractivity contribution in [3.8, 4) is 0 Å². The van der Waals surface area contributed by atoms with Crippen molar-refractivity contribution in [3.05, 3.63) is 24.0 Å². The fourth-order valence-corrected chi connectivity index (χ4v) is 1.40. The van der Waals surface area contributed by atoms with Gasteiger partial charge in [0.25, 0.3) is 0 Å². The Morgan fingerprint density at radius 2 is 2.40 bits per heavy atom. The molecule has 1 heterocycles. The summed E-state index contributed by atoms with van der Waals surface area (Å²) in [5, 5.41) is 0. The summed E-state index contributed by atoms with van der Waals surface area (Å²) < 4.78 is 0. The van der Waals surface area contributed by atoms with E-state index < -0.39 is 0 Å². The highest BCUT2D eigenvalue weighted by molar-refractivity contribution is 5.78. The van der Waals surface area contributed by atoms with E-state index in [0.29, 0.717) is 6.54 Å². The zero-order valence-corrected chi connectivity index (χ0v) is 9.36. The SMILES string of the molecule is CC(CN)C(=O)N(C)CCc1ccc[nH]1. The van der Waals surface area contributed by atoms with Crippen LogP contribution in [0.15, 0.2) is 18.3 Å². The van der Waals surface area contributed by atoms with Gasteiger partial charge in [-0.05, 0) is 12.1 Å². The van der Waals surface area contributed by atoms with Crippen molar-refractivity contribution in [2.45, 2.75) is 13.3 Å². The number of aromatic amines is 1. The van der Waals surface area contributed by atoms with E-state index in [4.69, 9.17) is 5.73 Å². The van der Waals surface area contributed by atoms with Crippen LogP contribution in [0.3, 0.4) is 0 Å². The number of likely N-dealkylation sites (N-methyl/N-ethyl adjacent to an activating group) is 1. The molecule has 0 saturated heterocycles. The Labute approximate surface area is 90.5 Å². The first-order chi connectivity index (χ1) is 7.15. The van der Waals surface area contributed by atoms with Gasteiger partial charge in [-0.1, -0.05) is 6.92 Å². The van der Waals surface area contributed by atoms with Crippen molar-refractivity contribution in [1.29, 1.82) is 0 Å². The van der Waals surface area contributed by atoms with E-state index in [1.54, 1.807) is 4.90 Å². The molecular weight excluding hydrogens is 190 g/mol. The molecule has 0 aromatic carbocycles. The molecule has 1 rings (SSSR count). The molecule has 0 saturated carbocycles. The number of aromatic nitrogens is 1. The summed E-state index contributed by atoms with van der Waals surface area (Å²) in [6.45, 7) is 2.99. The molecule has 3 N–H and O–H groups in total.